The van der Waals surface area contributed by atoms with Crippen LogP contribution in [0.25, 0.3) is 0 Å². The molecule has 0 fully saturated rings. The molecule has 1 N–H and O–H groups in total. The normalized spacial score (nSPS) is 17.3. The summed E-state index contributed by atoms with van der Waals surface area (Å²) in [7, 11) is 0. The van der Waals surface area contributed by atoms with Gasteiger partial charge in [0.1, 0.15) is 17.7 Å². The van der Waals surface area contributed by atoms with E-state index >= 15 is 0 Å². The van der Waals surface area contributed by atoms with Gasteiger partial charge in [-0.2, -0.15) is 0 Å². The molecule has 0 spiro atoms. The van der Waals surface area contributed by atoms with Gasteiger partial charge in [-0.15, -0.1) is 0 Å². The van der Waals surface area contributed by atoms with Crippen LogP contribution in [0.1, 0.15) is 24.2 Å². The Hall–Kier alpha value is -2.03. The Kier molecular flexibility index (Phi) is 3.11. The van der Waals surface area contributed by atoms with Crippen molar-refractivity contribution >= 4 is 5.69 Å². The zero-order valence-electron chi connectivity index (χ0n) is 10.8. The molecule has 2 aromatic rings. The highest BCUT2D eigenvalue weighted by atomic mass is 19.1. The highest BCUT2D eigenvalue weighted by Crippen LogP contribution is 2.34. The van der Waals surface area contributed by atoms with Gasteiger partial charge in [0.15, 0.2) is 0 Å². The molecule has 1 atom stereocenters. The maximum Gasteiger partial charge on any atom is 0.143 e. The number of nitrogens with one attached hydrogen (secondary N) is 1. The zero-order valence-corrected chi connectivity index (χ0v) is 10.8. The average Bonchev–Trinajstić information content (AvgIpc) is 2.46. The van der Waals surface area contributed by atoms with Crippen molar-refractivity contribution < 1.29 is 9.13 Å². The molecule has 0 bridgehead atoms. The van der Waals surface area contributed by atoms with E-state index in [0.29, 0.717) is 6.54 Å². The SMILES string of the molecule is CCc1ccc2c(c1)NCC(c1cccc(F)c1)O2. The summed E-state index contributed by atoms with van der Waals surface area (Å²) in [5.41, 5.74) is 3.16. The summed E-state index contributed by atoms with van der Waals surface area (Å²) in [4.78, 5) is 0. The van der Waals surface area contributed by atoms with Crippen LogP contribution >= 0.6 is 0 Å². The lowest BCUT2D eigenvalue weighted by molar-refractivity contribution is 0.210. The van der Waals surface area contributed by atoms with E-state index in [-0.39, 0.29) is 11.9 Å². The highest BCUT2D eigenvalue weighted by molar-refractivity contribution is 5.60. The fourth-order valence-electron chi connectivity index (χ4n) is 2.33. The molecule has 2 aromatic carbocycles. The van der Waals surface area contributed by atoms with Crippen LogP contribution in [-0.4, -0.2) is 6.54 Å². The largest absolute Gasteiger partial charge is 0.482 e. The second kappa shape index (κ2) is 4.92. The van der Waals surface area contributed by atoms with Crippen molar-refractivity contribution in [3.8, 4) is 5.75 Å². The number of anilines is 1. The fourth-order valence-corrected chi connectivity index (χ4v) is 2.33. The smallest absolute Gasteiger partial charge is 0.143 e. The predicted molar refractivity (Wildman–Crippen MR) is 74.1 cm³/mol. The second-order valence-electron chi connectivity index (χ2n) is 4.73. The van der Waals surface area contributed by atoms with E-state index in [9.17, 15) is 4.39 Å². The van der Waals surface area contributed by atoms with E-state index in [1.807, 2.05) is 12.1 Å². The topological polar surface area (TPSA) is 21.3 Å². The summed E-state index contributed by atoms with van der Waals surface area (Å²) in [6, 6.07) is 12.7. The van der Waals surface area contributed by atoms with Crippen LogP contribution in [0, 0.1) is 5.82 Å². The van der Waals surface area contributed by atoms with Gasteiger partial charge < -0.3 is 10.1 Å². The minimum Gasteiger partial charge on any atom is -0.482 e. The number of aryl methyl sites for hydroxylation is 1. The van der Waals surface area contributed by atoms with E-state index in [4.69, 9.17) is 4.74 Å². The standard InChI is InChI=1S/C16H16FNO/c1-2-11-6-7-15-14(8-11)18-10-16(19-15)12-4-3-5-13(17)9-12/h3-9,16,18H,2,10H2,1H3. The van der Waals surface area contributed by atoms with E-state index in [0.717, 1.165) is 23.4 Å². The number of hydrogen-bond acceptors (Lipinski definition) is 2. The van der Waals surface area contributed by atoms with Gasteiger partial charge in [0.05, 0.1) is 12.2 Å². The van der Waals surface area contributed by atoms with Crippen LogP contribution in [0.5, 0.6) is 5.75 Å². The Morgan fingerprint density at radius 1 is 1.26 bits per heavy atom. The molecule has 0 radical (unpaired) electrons. The molecule has 0 saturated heterocycles. The predicted octanol–water partition coefficient (Wildman–Crippen LogP) is 3.93. The van der Waals surface area contributed by atoms with Gasteiger partial charge >= 0.3 is 0 Å². The van der Waals surface area contributed by atoms with Crippen LogP contribution in [0.3, 0.4) is 0 Å². The summed E-state index contributed by atoms with van der Waals surface area (Å²) >= 11 is 0. The molecule has 1 unspecified atom stereocenters. The van der Waals surface area contributed by atoms with Crippen molar-refractivity contribution in [2.24, 2.45) is 0 Å². The summed E-state index contributed by atoms with van der Waals surface area (Å²) in [6.07, 6.45) is 0.859. The number of halogens is 1. The first-order chi connectivity index (χ1) is 9.26. The molecular formula is C16H16FNO. The molecule has 1 aliphatic heterocycles. The number of ether oxygens (including phenoxy) is 1. The number of benzene rings is 2. The van der Waals surface area contributed by atoms with Gasteiger partial charge in [0, 0.05) is 0 Å². The Morgan fingerprint density at radius 2 is 2.16 bits per heavy atom. The van der Waals surface area contributed by atoms with Crippen molar-refractivity contribution in [2.75, 3.05) is 11.9 Å². The molecule has 2 nitrogen and oxygen atoms in total. The van der Waals surface area contributed by atoms with Crippen LogP contribution in [-0.2, 0) is 6.42 Å². The quantitative estimate of drug-likeness (QED) is 0.880. The lowest BCUT2D eigenvalue weighted by Gasteiger charge is -2.28. The van der Waals surface area contributed by atoms with Gasteiger partial charge in [-0.25, -0.2) is 4.39 Å². The van der Waals surface area contributed by atoms with Crippen molar-refractivity contribution in [2.45, 2.75) is 19.4 Å². The van der Waals surface area contributed by atoms with Crippen LogP contribution < -0.4 is 10.1 Å². The molecule has 1 heterocycles. The summed E-state index contributed by atoms with van der Waals surface area (Å²) in [5, 5.41) is 3.36. The Labute approximate surface area is 112 Å². The number of fused-ring (bicyclic) bond motifs is 1. The lowest BCUT2D eigenvalue weighted by atomic mass is 10.1. The second-order valence-corrected chi connectivity index (χ2v) is 4.73. The van der Waals surface area contributed by atoms with Crippen LogP contribution in [0.4, 0.5) is 10.1 Å². The highest BCUT2D eigenvalue weighted by Gasteiger charge is 2.21. The Balaban J connectivity index is 1.86. The molecule has 0 aliphatic carbocycles. The first kappa shape index (κ1) is 12.0. The van der Waals surface area contributed by atoms with E-state index in [2.05, 4.69) is 24.4 Å². The van der Waals surface area contributed by atoms with Gasteiger partial charge in [0.2, 0.25) is 0 Å². The van der Waals surface area contributed by atoms with Crippen molar-refractivity contribution in [3.63, 3.8) is 0 Å². The molecule has 0 saturated carbocycles. The van der Waals surface area contributed by atoms with Gasteiger partial charge in [-0.1, -0.05) is 25.1 Å². The van der Waals surface area contributed by atoms with Crippen molar-refractivity contribution in [3.05, 3.63) is 59.4 Å². The Morgan fingerprint density at radius 3 is 2.95 bits per heavy atom. The minimum atomic E-state index is -0.228. The van der Waals surface area contributed by atoms with Gasteiger partial charge in [0.25, 0.3) is 0 Å². The number of rotatable bonds is 2. The third-order valence-electron chi connectivity index (χ3n) is 3.42. The molecule has 19 heavy (non-hydrogen) atoms. The van der Waals surface area contributed by atoms with Gasteiger partial charge in [-0.05, 0) is 41.8 Å². The maximum atomic E-state index is 13.2. The third kappa shape index (κ3) is 2.41. The average molecular weight is 257 g/mol. The maximum absolute atomic E-state index is 13.2. The molecule has 1 aliphatic rings. The lowest BCUT2D eigenvalue weighted by Crippen LogP contribution is -2.23. The van der Waals surface area contributed by atoms with E-state index in [1.165, 1.54) is 17.7 Å². The van der Waals surface area contributed by atoms with Crippen LogP contribution in [0.2, 0.25) is 0 Å². The van der Waals surface area contributed by atoms with Gasteiger partial charge in [-0.3, -0.25) is 0 Å². The molecule has 3 heteroatoms. The first-order valence-electron chi connectivity index (χ1n) is 6.55. The Bertz CT molecular complexity index is 597. The molecule has 0 aromatic heterocycles. The summed E-state index contributed by atoms with van der Waals surface area (Å²) in [5.74, 6) is 0.603. The first-order valence-corrected chi connectivity index (χ1v) is 6.55. The molecule has 98 valence electrons. The van der Waals surface area contributed by atoms with Crippen molar-refractivity contribution in [1.29, 1.82) is 0 Å². The summed E-state index contributed by atoms with van der Waals surface area (Å²) in [6.45, 7) is 2.78. The minimum absolute atomic E-state index is 0.143. The van der Waals surface area contributed by atoms with Crippen molar-refractivity contribution in [1.82, 2.24) is 0 Å². The van der Waals surface area contributed by atoms with E-state index in [1.54, 1.807) is 6.07 Å². The number of hydrogen-bond donors (Lipinski definition) is 1. The van der Waals surface area contributed by atoms with Crippen LogP contribution in [0.15, 0.2) is 42.5 Å². The molecular weight excluding hydrogens is 241 g/mol. The fraction of sp³-hybridized carbons (Fsp3) is 0.250. The van der Waals surface area contributed by atoms with E-state index < -0.39 is 0 Å². The monoisotopic (exact) mass is 257 g/mol. The molecule has 0 amide bonds. The molecule has 3 rings (SSSR count). The summed E-state index contributed by atoms with van der Waals surface area (Å²) < 4.78 is 19.2. The third-order valence-corrected chi connectivity index (χ3v) is 3.42. The zero-order chi connectivity index (χ0) is 13.2.